The van der Waals surface area contributed by atoms with Crippen LogP contribution in [0.1, 0.15) is 24.2 Å². The third-order valence-electron chi connectivity index (χ3n) is 3.97. The van der Waals surface area contributed by atoms with Crippen LogP contribution in [-0.2, 0) is 6.54 Å². The maximum atomic E-state index is 13.8. The van der Waals surface area contributed by atoms with Crippen LogP contribution in [-0.4, -0.2) is 28.2 Å². The molecule has 0 radical (unpaired) electrons. The molecule has 0 fully saturated rings. The molecule has 3 rings (SSSR count). The maximum absolute atomic E-state index is 13.8. The minimum absolute atomic E-state index is 0.132. The van der Waals surface area contributed by atoms with Crippen molar-refractivity contribution >= 4 is 28.6 Å². The number of carbonyl (C=O) groups is 1. The first-order valence-corrected chi connectivity index (χ1v) is 9.43. The molecule has 1 aromatic heterocycles. The SMILES string of the molecule is COc1ccc(C(=O)CSc2nc3ccccc3n2CC(C)C)cc1F. The summed E-state index contributed by atoms with van der Waals surface area (Å²) in [7, 11) is 1.40. The number of nitrogens with zero attached hydrogens (tertiary/aromatic N) is 2. The van der Waals surface area contributed by atoms with Gasteiger partial charge in [-0.15, -0.1) is 0 Å². The number of hydrogen-bond donors (Lipinski definition) is 0. The number of aromatic nitrogens is 2. The molecule has 0 N–H and O–H groups in total. The van der Waals surface area contributed by atoms with Crippen LogP contribution in [0, 0.1) is 11.7 Å². The molecule has 4 nitrogen and oxygen atoms in total. The minimum Gasteiger partial charge on any atom is -0.494 e. The molecule has 0 atom stereocenters. The van der Waals surface area contributed by atoms with Crippen molar-refractivity contribution in [2.45, 2.75) is 25.5 Å². The van der Waals surface area contributed by atoms with Gasteiger partial charge in [0.05, 0.1) is 23.9 Å². The fourth-order valence-electron chi connectivity index (χ4n) is 2.76. The second-order valence-corrected chi connectivity index (χ2v) is 7.39. The number of Topliss-reactive ketones (excluding diaryl/α,β-unsaturated/α-hetero) is 1. The standard InChI is InChI=1S/C20H21FN2O2S/c1-13(2)11-23-17-7-5-4-6-16(17)22-20(23)26-12-18(24)14-8-9-19(25-3)15(21)10-14/h4-10,13H,11-12H2,1-3H3. The molecule has 0 saturated heterocycles. The predicted molar refractivity (Wildman–Crippen MR) is 103 cm³/mol. The number of benzene rings is 2. The van der Waals surface area contributed by atoms with Crippen LogP contribution in [0.2, 0.25) is 0 Å². The summed E-state index contributed by atoms with van der Waals surface area (Å²) in [6.07, 6.45) is 0. The van der Waals surface area contributed by atoms with Gasteiger partial charge in [0.25, 0.3) is 0 Å². The van der Waals surface area contributed by atoms with E-state index in [4.69, 9.17) is 4.74 Å². The van der Waals surface area contributed by atoms with E-state index in [0.29, 0.717) is 11.5 Å². The molecule has 2 aromatic carbocycles. The van der Waals surface area contributed by atoms with Crippen LogP contribution in [0.5, 0.6) is 5.75 Å². The van der Waals surface area contributed by atoms with Crippen LogP contribution in [0.4, 0.5) is 4.39 Å². The van der Waals surface area contributed by atoms with E-state index in [2.05, 4.69) is 23.4 Å². The van der Waals surface area contributed by atoms with Crippen molar-refractivity contribution in [1.82, 2.24) is 9.55 Å². The van der Waals surface area contributed by atoms with Gasteiger partial charge < -0.3 is 9.30 Å². The molecule has 26 heavy (non-hydrogen) atoms. The summed E-state index contributed by atoms with van der Waals surface area (Å²) in [4.78, 5) is 17.1. The zero-order valence-corrected chi connectivity index (χ0v) is 15.8. The van der Waals surface area contributed by atoms with E-state index in [1.165, 1.54) is 31.0 Å². The average Bonchev–Trinajstić information content (AvgIpc) is 2.96. The summed E-state index contributed by atoms with van der Waals surface area (Å²) < 4.78 is 20.9. The van der Waals surface area contributed by atoms with Crippen LogP contribution in [0.15, 0.2) is 47.6 Å². The lowest BCUT2D eigenvalue weighted by Crippen LogP contribution is -2.08. The third kappa shape index (κ3) is 3.90. The largest absolute Gasteiger partial charge is 0.494 e. The summed E-state index contributed by atoms with van der Waals surface area (Å²) in [5.41, 5.74) is 2.31. The van der Waals surface area contributed by atoms with Crippen molar-refractivity contribution in [1.29, 1.82) is 0 Å². The average molecular weight is 372 g/mol. The number of halogens is 1. The van der Waals surface area contributed by atoms with Gasteiger partial charge in [-0.25, -0.2) is 9.37 Å². The van der Waals surface area contributed by atoms with Crippen molar-refractivity contribution in [3.8, 4) is 5.75 Å². The zero-order chi connectivity index (χ0) is 18.7. The maximum Gasteiger partial charge on any atom is 0.173 e. The lowest BCUT2D eigenvalue weighted by Gasteiger charge is -2.11. The van der Waals surface area contributed by atoms with Gasteiger partial charge in [-0.05, 0) is 36.2 Å². The van der Waals surface area contributed by atoms with Crippen molar-refractivity contribution in [3.63, 3.8) is 0 Å². The number of hydrogen-bond acceptors (Lipinski definition) is 4. The summed E-state index contributed by atoms with van der Waals surface area (Å²) in [5, 5.41) is 0.808. The molecule has 0 aliphatic carbocycles. The van der Waals surface area contributed by atoms with Gasteiger partial charge in [-0.2, -0.15) is 0 Å². The molecule has 0 saturated carbocycles. The zero-order valence-electron chi connectivity index (χ0n) is 15.0. The Balaban J connectivity index is 1.80. The highest BCUT2D eigenvalue weighted by atomic mass is 32.2. The van der Waals surface area contributed by atoms with Crippen LogP contribution in [0.25, 0.3) is 11.0 Å². The van der Waals surface area contributed by atoms with E-state index in [1.54, 1.807) is 6.07 Å². The first-order valence-electron chi connectivity index (χ1n) is 8.44. The number of ether oxygens (including phenoxy) is 1. The monoisotopic (exact) mass is 372 g/mol. The molecule has 0 amide bonds. The quantitative estimate of drug-likeness (QED) is 0.441. The van der Waals surface area contributed by atoms with E-state index < -0.39 is 5.82 Å². The van der Waals surface area contributed by atoms with E-state index in [-0.39, 0.29) is 17.3 Å². The van der Waals surface area contributed by atoms with Crippen LogP contribution >= 0.6 is 11.8 Å². The Morgan fingerprint density at radius 1 is 1.27 bits per heavy atom. The number of rotatable bonds is 7. The van der Waals surface area contributed by atoms with Gasteiger partial charge >= 0.3 is 0 Å². The Bertz CT molecular complexity index is 937. The molecule has 0 bridgehead atoms. The smallest absolute Gasteiger partial charge is 0.173 e. The minimum atomic E-state index is -0.532. The molecule has 0 aliphatic rings. The highest BCUT2D eigenvalue weighted by molar-refractivity contribution is 7.99. The molecular formula is C20H21FN2O2S. The summed E-state index contributed by atoms with van der Waals surface area (Å²) in [6, 6.07) is 12.2. The molecule has 136 valence electrons. The second-order valence-electron chi connectivity index (χ2n) is 6.45. The molecule has 0 spiro atoms. The lowest BCUT2D eigenvalue weighted by atomic mass is 10.1. The number of methoxy groups -OCH3 is 1. The Kier molecular flexibility index (Phi) is 5.61. The van der Waals surface area contributed by atoms with Gasteiger partial charge in [-0.3, -0.25) is 4.79 Å². The normalized spacial score (nSPS) is 11.3. The number of para-hydroxylation sites is 2. The fraction of sp³-hybridized carbons (Fsp3) is 0.300. The number of thioether (sulfide) groups is 1. The van der Waals surface area contributed by atoms with Gasteiger partial charge in [0.2, 0.25) is 0 Å². The second kappa shape index (κ2) is 7.91. The number of carbonyl (C=O) groups excluding carboxylic acids is 1. The Morgan fingerprint density at radius 2 is 2.04 bits per heavy atom. The predicted octanol–water partition coefficient (Wildman–Crippen LogP) is 4.82. The number of imidazole rings is 1. The van der Waals surface area contributed by atoms with Crippen LogP contribution in [0.3, 0.4) is 0 Å². The third-order valence-corrected chi connectivity index (χ3v) is 4.95. The highest BCUT2D eigenvalue weighted by Gasteiger charge is 2.15. The Hall–Kier alpha value is -2.34. The molecular weight excluding hydrogens is 351 g/mol. The summed E-state index contributed by atoms with van der Waals surface area (Å²) in [6.45, 7) is 5.12. The van der Waals surface area contributed by atoms with Crippen molar-refractivity contribution in [3.05, 3.63) is 53.8 Å². The first-order chi connectivity index (χ1) is 12.5. The fourth-order valence-corrected chi connectivity index (χ4v) is 3.68. The van der Waals surface area contributed by atoms with Crippen molar-refractivity contribution in [2.24, 2.45) is 5.92 Å². The molecule has 0 unspecified atom stereocenters. The molecule has 6 heteroatoms. The van der Waals surface area contributed by atoms with Gasteiger partial charge in [0.1, 0.15) is 0 Å². The molecule has 3 aromatic rings. The van der Waals surface area contributed by atoms with Gasteiger partial charge in [0.15, 0.2) is 22.5 Å². The van der Waals surface area contributed by atoms with Gasteiger partial charge in [-0.1, -0.05) is 37.7 Å². The van der Waals surface area contributed by atoms with E-state index in [0.717, 1.165) is 22.7 Å². The Labute approximate surface area is 156 Å². The number of fused-ring (bicyclic) bond motifs is 1. The topological polar surface area (TPSA) is 44.1 Å². The van der Waals surface area contributed by atoms with Gasteiger partial charge in [0, 0.05) is 12.1 Å². The van der Waals surface area contributed by atoms with E-state index >= 15 is 0 Å². The summed E-state index contributed by atoms with van der Waals surface area (Å²) in [5.74, 6) is 0.120. The number of ketones is 1. The van der Waals surface area contributed by atoms with Crippen molar-refractivity contribution in [2.75, 3.05) is 12.9 Å². The highest BCUT2D eigenvalue weighted by Crippen LogP contribution is 2.26. The van der Waals surface area contributed by atoms with Crippen LogP contribution < -0.4 is 4.74 Å². The molecule has 1 heterocycles. The molecule has 0 aliphatic heterocycles. The van der Waals surface area contributed by atoms with Crippen molar-refractivity contribution < 1.29 is 13.9 Å². The Morgan fingerprint density at radius 3 is 2.73 bits per heavy atom. The first kappa shape index (κ1) is 18.5. The summed E-state index contributed by atoms with van der Waals surface area (Å²) >= 11 is 1.38. The van der Waals surface area contributed by atoms with E-state index in [9.17, 15) is 9.18 Å². The van der Waals surface area contributed by atoms with E-state index in [1.807, 2.05) is 24.3 Å². The lowest BCUT2D eigenvalue weighted by molar-refractivity contribution is 0.102.